The monoisotopic (exact) mass is 852 g/mol. The molecule has 0 amide bonds. The Morgan fingerprint density at radius 2 is 1.03 bits per heavy atom. The summed E-state index contributed by atoms with van der Waals surface area (Å²) in [5.74, 6) is -0.677. The molecule has 58 heavy (non-hydrogen) atoms. The Morgan fingerprint density at radius 3 is 1.41 bits per heavy atom. The van der Waals surface area contributed by atoms with Crippen LogP contribution in [-0.4, -0.2) is 69.2 Å². The Balaban J connectivity index is 1.21. The molecule has 0 saturated heterocycles. The highest BCUT2D eigenvalue weighted by atomic mass is 32.2. The Bertz CT molecular complexity index is 2340. The topological polar surface area (TPSA) is 150 Å². The smallest absolute Gasteiger partial charge is 0.484 e. The highest BCUT2D eigenvalue weighted by Crippen LogP contribution is 2.31. The van der Waals surface area contributed by atoms with E-state index in [9.17, 15) is 39.6 Å². The van der Waals surface area contributed by atoms with Crippen LogP contribution in [0, 0.1) is 13.8 Å². The van der Waals surface area contributed by atoms with Crippen molar-refractivity contribution in [1.82, 2.24) is 29.1 Å². The third-order valence-electron chi connectivity index (χ3n) is 8.63. The molecule has 2 aromatic carbocycles. The fourth-order valence-electron chi connectivity index (χ4n) is 5.90. The van der Waals surface area contributed by atoms with Crippen LogP contribution in [0.4, 0.5) is 31.1 Å². The summed E-state index contributed by atoms with van der Waals surface area (Å²) < 4.78 is 129. The largest absolute Gasteiger partial charge is 0.512 e. The maximum Gasteiger partial charge on any atom is 0.512 e. The van der Waals surface area contributed by atoms with Gasteiger partial charge in [0.2, 0.25) is 10.3 Å². The average molecular weight is 853 g/mol. The Labute approximate surface area is 331 Å². The third kappa shape index (κ3) is 9.75. The predicted octanol–water partition coefficient (Wildman–Crippen LogP) is 8.18. The molecule has 6 aromatic rings. The zero-order valence-corrected chi connectivity index (χ0v) is 32.7. The van der Waals surface area contributed by atoms with E-state index in [-0.39, 0.29) is 55.8 Å². The Kier molecular flexibility index (Phi) is 12.4. The number of aromatic nitrogens is 6. The van der Waals surface area contributed by atoms with Gasteiger partial charge in [-0.05, 0) is 64.1 Å². The maximum atomic E-state index is 13.9. The van der Waals surface area contributed by atoms with Crippen LogP contribution >= 0.6 is 0 Å². The average Bonchev–Trinajstić information content (AvgIpc) is 3.75. The number of ether oxygens (including phenoxy) is 4. The number of alkyl halides is 6. The molecule has 0 saturated carbocycles. The molecule has 0 N–H and O–H groups in total. The van der Waals surface area contributed by atoms with Crippen LogP contribution < -0.4 is 9.47 Å². The van der Waals surface area contributed by atoms with E-state index < -0.39 is 65.8 Å². The molecule has 0 radical (unpaired) electrons. The van der Waals surface area contributed by atoms with E-state index in [0.717, 1.165) is 0 Å². The van der Waals surface area contributed by atoms with E-state index in [1.165, 1.54) is 61.4 Å². The number of hydrogen-bond donors (Lipinski definition) is 0. The lowest BCUT2D eigenvalue weighted by Gasteiger charge is -2.21. The SMILES string of the molecule is Cc1c(OCC(F)(F)F)ccnc1CS(=O)c1nc2ccccc2n1C(C)OC(=O)OC(C)n1c(S(=O)Cc2nccc(OCC(F)(F)F)c2C)nc2ccccc21. The lowest BCUT2D eigenvalue weighted by Crippen LogP contribution is -2.22. The van der Waals surface area contributed by atoms with Gasteiger partial charge in [0.05, 0.1) is 66.6 Å². The predicted molar refractivity (Wildman–Crippen MR) is 198 cm³/mol. The van der Waals surface area contributed by atoms with Gasteiger partial charge in [0.15, 0.2) is 25.7 Å². The van der Waals surface area contributed by atoms with Gasteiger partial charge >= 0.3 is 18.5 Å². The van der Waals surface area contributed by atoms with Crippen LogP contribution in [0.5, 0.6) is 11.5 Å². The number of pyridine rings is 2. The molecule has 4 atom stereocenters. The fourth-order valence-corrected chi connectivity index (χ4v) is 8.57. The Hall–Kier alpha value is -5.57. The fraction of sp³-hybridized carbons (Fsp3) is 0.324. The molecule has 6 rings (SSSR count). The molecule has 0 aliphatic carbocycles. The quantitative estimate of drug-likeness (QED) is 0.0772. The van der Waals surface area contributed by atoms with E-state index in [2.05, 4.69) is 19.9 Å². The number of benzene rings is 2. The summed E-state index contributed by atoms with van der Waals surface area (Å²) >= 11 is 0. The number of para-hydroxylation sites is 4. The summed E-state index contributed by atoms with van der Waals surface area (Å²) in [5, 5.41) is -0.0418. The van der Waals surface area contributed by atoms with Crippen LogP contribution in [-0.2, 0) is 42.6 Å². The van der Waals surface area contributed by atoms with Crippen LogP contribution in [0.1, 0.15) is 48.8 Å². The zero-order valence-electron chi connectivity index (χ0n) is 31.0. The van der Waals surface area contributed by atoms with Gasteiger partial charge in [-0.2, -0.15) is 26.3 Å². The van der Waals surface area contributed by atoms with Crippen molar-refractivity contribution < 1.29 is 58.5 Å². The number of rotatable bonds is 14. The van der Waals surface area contributed by atoms with Crippen LogP contribution in [0.3, 0.4) is 0 Å². The summed E-state index contributed by atoms with van der Waals surface area (Å²) in [4.78, 5) is 30.8. The van der Waals surface area contributed by atoms with Crippen LogP contribution in [0.15, 0.2) is 83.4 Å². The molecule has 308 valence electrons. The second-order valence-corrected chi connectivity index (χ2v) is 15.4. The molecule has 4 aromatic heterocycles. The van der Waals surface area contributed by atoms with E-state index in [1.807, 2.05) is 0 Å². The van der Waals surface area contributed by atoms with Gasteiger partial charge in [0, 0.05) is 23.5 Å². The first-order valence-electron chi connectivity index (χ1n) is 17.3. The number of hydrogen-bond acceptors (Lipinski definition) is 11. The lowest BCUT2D eigenvalue weighted by atomic mass is 10.2. The van der Waals surface area contributed by atoms with Gasteiger partial charge in [-0.25, -0.2) is 14.8 Å². The van der Waals surface area contributed by atoms with E-state index >= 15 is 0 Å². The summed E-state index contributed by atoms with van der Waals surface area (Å²) in [5.41, 5.74) is 2.63. The molecule has 0 fully saturated rings. The third-order valence-corrected chi connectivity index (χ3v) is 11.1. The number of carbonyl (C=O) groups excluding carboxylic acids is 1. The normalized spacial score (nSPS) is 14.2. The first-order chi connectivity index (χ1) is 27.4. The van der Waals surface area contributed by atoms with E-state index in [0.29, 0.717) is 22.1 Å². The second-order valence-electron chi connectivity index (χ2n) is 12.7. The van der Waals surface area contributed by atoms with Gasteiger partial charge in [0.25, 0.3) is 0 Å². The van der Waals surface area contributed by atoms with Crippen molar-refractivity contribution in [2.45, 2.75) is 74.3 Å². The number of fused-ring (bicyclic) bond motifs is 2. The summed E-state index contributed by atoms with van der Waals surface area (Å²) in [7, 11) is -3.94. The number of carbonyl (C=O) groups is 1. The van der Waals surface area contributed by atoms with Crippen molar-refractivity contribution >= 4 is 49.8 Å². The lowest BCUT2D eigenvalue weighted by molar-refractivity contribution is -0.154. The minimum atomic E-state index is -4.57. The van der Waals surface area contributed by atoms with Crippen molar-refractivity contribution in [3.8, 4) is 11.5 Å². The summed E-state index contributed by atoms with van der Waals surface area (Å²) in [6.45, 7) is 2.93. The summed E-state index contributed by atoms with van der Waals surface area (Å²) in [6, 6.07) is 16.0. The first-order valence-corrected chi connectivity index (χ1v) is 19.9. The van der Waals surface area contributed by atoms with Crippen molar-refractivity contribution in [1.29, 1.82) is 0 Å². The number of imidazole rings is 2. The van der Waals surface area contributed by atoms with Crippen molar-refractivity contribution in [3.05, 3.63) is 95.6 Å². The van der Waals surface area contributed by atoms with Gasteiger partial charge < -0.3 is 18.9 Å². The number of halogens is 6. The van der Waals surface area contributed by atoms with Crippen molar-refractivity contribution in [3.63, 3.8) is 0 Å². The van der Waals surface area contributed by atoms with Crippen LogP contribution in [0.2, 0.25) is 0 Å². The minimum absolute atomic E-state index is 0.0209. The summed E-state index contributed by atoms with van der Waals surface area (Å²) in [6.07, 6.45) is -10.2. The molecule has 21 heteroatoms. The minimum Gasteiger partial charge on any atom is -0.484 e. The zero-order chi connectivity index (χ0) is 41.9. The van der Waals surface area contributed by atoms with Crippen molar-refractivity contribution in [2.75, 3.05) is 13.2 Å². The van der Waals surface area contributed by atoms with Gasteiger partial charge in [0.1, 0.15) is 11.5 Å². The maximum absolute atomic E-state index is 13.9. The first kappa shape index (κ1) is 42.0. The molecule has 0 aliphatic rings. The number of nitrogens with zero attached hydrogens (tertiary/aromatic N) is 6. The highest BCUT2D eigenvalue weighted by molar-refractivity contribution is 7.84. The molecule has 0 spiro atoms. The van der Waals surface area contributed by atoms with Crippen molar-refractivity contribution in [2.24, 2.45) is 0 Å². The highest BCUT2D eigenvalue weighted by Gasteiger charge is 2.31. The standard InChI is InChI=1S/C37H34F6N6O7S2/c1-21-27(44-15-13-31(21)53-19-36(38,39)40)17-57(51)33-46-25-9-5-7-11-29(25)48(33)23(3)55-35(50)56-24(4)49-30-12-8-6-10-26(30)47-34(49)58(52)18-28-22(2)32(14-16-45-28)54-20-37(41,42)43/h5-16,23-24H,17-20H2,1-4H3. The van der Waals surface area contributed by atoms with Crippen LogP contribution in [0.25, 0.3) is 22.1 Å². The molecule has 0 bridgehead atoms. The molecule has 0 aliphatic heterocycles. The van der Waals surface area contributed by atoms with Gasteiger partial charge in [-0.3, -0.25) is 27.5 Å². The molecule has 13 nitrogen and oxygen atoms in total. The molecular formula is C37H34F6N6O7S2. The van der Waals surface area contributed by atoms with Gasteiger partial charge in [-0.15, -0.1) is 0 Å². The Morgan fingerprint density at radius 1 is 0.655 bits per heavy atom. The molecular weight excluding hydrogens is 819 g/mol. The molecule has 4 heterocycles. The molecule has 4 unspecified atom stereocenters. The van der Waals surface area contributed by atoms with E-state index in [4.69, 9.17) is 18.9 Å². The van der Waals surface area contributed by atoms with Gasteiger partial charge in [-0.1, -0.05) is 24.3 Å². The second kappa shape index (κ2) is 17.1. The van der Waals surface area contributed by atoms with E-state index in [1.54, 1.807) is 48.5 Å².